The Morgan fingerprint density at radius 1 is 1.04 bits per heavy atom. The van der Waals surface area contributed by atoms with Gasteiger partial charge in [0.15, 0.2) is 5.82 Å². The highest BCUT2D eigenvalue weighted by molar-refractivity contribution is 5.97. The molecule has 2 aromatic carbocycles. The van der Waals surface area contributed by atoms with Crippen LogP contribution in [0.15, 0.2) is 54.7 Å². The van der Waals surface area contributed by atoms with Crippen molar-refractivity contribution in [2.45, 2.75) is 0 Å². The molecule has 0 radical (unpaired) electrons. The molecular formula is C17H13N5O2. The third-order valence-corrected chi connectivity index (χ3v) is 3.71. The summed E-state index contributed by atoms with van der Waals surface area (Å²) in [5.74, 6) is 0.788. The van der Waals surface area contributed by atoms with Crippen LogP contribution in [0, 0.1) is 0 Å². The van der Waals surface area contributed by atoms with Gasteiger partial charge in [-0.05, 0) is 18.2 Å². The van der Waals surface area contributed by atoms with E-state index in [0.717, 1.165) is 11.4 Å². The fourth-order valence-corrected chi connectivity index (χ4v) is 2.52. The fourth-order valence-electron chi connectivity index (χ4n) is 2.52. The molecule has 4 aromatic rings. The average molecular weight is 319 g/mol. The normalized spacial score (nSPS) is 10.9. The van der Waals surface area contributed by atoms with Gasteiger partial charge in [-0.1, -0.05) is 30.3 Å². The summed E-state index contributed by atoms with van der Waals surface area (Å²) in [5, 5.41) is 8.72. The van der Waals surface area contributed by atoms with Gasteiger partial charge in [-0.25, -0.2) is 15.4 Å². The molecule has 0 aliphatic carbocycles. The standard InChI is InChI=1S/C17H13N5O2/c23-17(22-24)11-6-7-12-13(8-11)20-16(19-12)14-9-18-15(21-14)10-4-2-1-3-5-10/h1-9,24H,(H,18,21)(H,19,20)(H,22,23). The highest BCUT2D eigenvalue weighted by atomic mass is 16.5. The molecule has 118 valence electrons. The highest BCUT2D eigenvalue weighted by Gasteiger charge is 2.12. The van der Waals surface area contributed by atoms with Crippen LogP contribution in [0.5, 0.6) is 0 Å². The third kappa shape index (κ3) is 2.42. The van der Waals surface area contributed by atoms with Crippen LogP contribution in [0.25, 0.3) is 33.9 Å². The number of imidazole rings is 2. The van der Waals surface area contributed by atoms with E-state index < -0.39 is 5.91 Å². The number of aromatic amines is 2. The van der Waals surface area contributed by atoms with E-state index in [1.54, 1.807) is 29.9 Å². The molecule has 0 saturated carbocycles. The lowest BCUT2D eigenvalue weighted by atomic mass is 10.2. The molecule has 7 nitrogen and oxygen atoms in total. The van der Waals surface area contributed by atoms with Crippen LogP contribution in [0.2, 0.25) is 0 Å². The molecule has 7 heteroatoms. The minimum atomic E-state index is -0.570. The van der Waals surface area contributed by atoms with Crippen LogP contribution in [-0.4, -0.2) is 31.1 Å². The van der Waals surface area contributed by atoms with Gasteiger partial charge in [-0.15, -0.1) is 0 Å². The molecule has 24 heavy (non-hydrogen) atoms. The number of hydrogen-bond acceptors (Lipinski definition) is 4. The topological polar surface area (TPSA) is 107 Å². The van der Waals surface area contributed by atoms with Gasteiger partial charge in [-0.2, -0.15) is 0 Å². The van der Waals surface area contributed by atoms with Crippen LogP contribution >= 0.6 is 0 Å². The predicted molar refractivity (Wildman–Crippen MR) is 88.4 cm³/mol. The molecule has 2 heterocycles. The molecule has 1 amide bonds. The van der Waals surface area contributed by atoms with Crippen molar-refractivity contribution in [1.82, 2.24) is 25.4 Å². The number of nitrogens with one attached hydrogen (secondary N) is 3. The zero-order valence-corrected chi connectivity index (χ0v) is 12.4. The number of hydrogen-bond donors (Lipinski definition) is 4. The van der Waals surface area contributed by atoms with Gasteiger partial charge in [-0.3, -0.25) is 10.0 Å². The van der Waals surface area contributed by atoms with Crippen molar-refractivity contribution in [1.29, 1.82) is 0 Å². The number of H-pyrrole nitrogens is 2. The number of nitrogens with zero attached hydrogens (tertiary/aromatic N) is 2. The first kappa shape index (κ1) is 14.2. The first-order chi connectivity index (χ1) is 11.7. The third-order valence-electron chi connectivity index (χ3n) is 3.71. The van der Waals surface area contributed by atoms with Crippen molar-refractivity contribution in [3.05, 3.63) is 60.3 Å². The number of aromatic nitrogens is 4. The maximum absolute atomic E-state index is 11.5. The van der Waals surface area contributed by atoms with Gasteiger partial charge in [0.25, 0.3) is 5.91 Å². The lowest BCUT2D eigenvalue weighted by Gasteiger charge is -1.97. The molecule has 0 atom stereocenters. The molecule has 4 rings (SSSR count). The van der Waals surface area contributed by atoms with Crippen LogP contribution in [0.1, 0.15) is 10.4 Å². The van der Waals surface area contributed by atoms with Crippen molar-refractivity contribution in [2.75, 3.05) is 0 Å². The quantitative estimate of drug-likeness (QED) is 0.344. The van der Waals surface area contributed by atoms with Crippen LogP contribution in [0.4, 0.5) is 0 Å². The summed E-state index contributed by atoms with van der Waals surface area (Å²) in [6.45, 7) is 0. The van der Waals surface area contributed by atoms with Crippen LogP contribution in [-0.2, 0) is 0 Å². The lowest BCUT2D eigenvalue weighted by molar-refractivity contribution is 0.0706. The average Bonchev–Trinajstić information content (AvgIpc) is 3.27. The molecule has 0 aliphatic heterocycles. The second kappa shape index (κ2) is 5.64. The van der Waals surface area contributed by atoms with Gasteiger partial charge in [0.1, 0.15) is 11.5 Å². The Morgan fingerprint density at radius 2 is 1.88 bits per heavy atom. The van der Waals surface area contributed by atoms with E-state index in [1.165, 1.54) is 0 Å². The van der Waals surface area contributed by atoms with Gasteiger partial charge in [0.2, 0.25) is 0 Å². The first-order valence-corrected chi connectivity index (χ1v) is 7.30. The minimum Gasteiger partial charge on any atom is -0.344 e. The maximum Gasteiger partial charge on any atom is 0.274 e. The largest absolute Gasteiger partial charge is 0.344 e. The zero-order valence-electron chi connectivity index (χ0n) is 12.4. The van der Waals surface area contributed by atoms with E-state index in [4.69, 9.17) is 5.21 Å². The van der Waals surface area contributed by atoms with E-state index in [9.17, 15) is 4.79 Å². The van der Waals surface area contributed by atoms with E-state index in [0.29, 0.717) is 28.1 Å². The van der Waals surface area contributed by atoms with Gasteiger partial charge >= 0.3 is 0 Å². The number of carbonyl (C=O) groups is 1. The van der Waals surface area contributed by atoms with Crippen LogP contribution < -0.4 is 5.48 Å². The Hall–Kier alpha value is -3.45. The summed E-state index contributed by atoms with van der Waals surface area (Å²) < 4.78 is 0. The van der Waals surface area contributed by atoms with Crippen molar-refractivity contribution in [2.24, 2.45) is 0 Å². The van der Waals surface area contributed by atoms with E-state index >= 15 is 0 Å². The molecule has 2 aromatic heterocycles. The monoisotopic (exact) mass is 319 g/mol. The summed E-state index contributed by atoms with van der Waals surface area (Å²) in [6.07, 6.45) is 1.78. The predicted octanol–water partition coefficient (Wildman–Crippen LogP) is 2.74. The minimum absolute atomic E-state index is 0.340. The number of carbonyl (C=O) groups excluding carboxylic acids is 1. The number of hydroxylamine groups is 1. The molecule has 0 unspecified atom stereocenters. The molecule has 0 bridgehead atoms. The molecular weight excluding hydrogens is 306 g/mol. The number of benzene rings is 2. The Labute approximate surface area is 136 Å². The fraction of sp³-hybridized carbons (Fsp3) is 0. The number of rotatable bonds is 3. The van der Waals surface area contributed by atoms with Crippen molar-refractivity contribution >= 4 is 16.9 Å². The maximum atomic E-state index is 11.5. The Morgan fingerprint density at radius 3 is 2.67 bits per heavy atom. The number of fused-ring (bicyclic) bond motifs is 1. The summed E-state index contributed by atoms with van der Waals surface area (Å²) in [7, 11) is 0. The Bertz CT molecular complexity index is 1020. The molecule has 0 aliphatic rings. The summed E-state index contributed by atoms with van der Waals surface area (Å²) in [6, 6.07) is 14.7. The van der Waals surface area contributed by atoms with Gasteiger partial charge in [0, 0.05) is 17.3 Å². The van der Waals surface area contributed by atoms with Crippen LogP contribution in [0.3, 0.4) is 0 Å². The number of amides is 1. The highest BCUT2D eigenvalue weighted by Crippen LogP contribution is 2.23. The van der Waals surface area contributed by atoms with Crippen molar-refractivity contribution in [3.8, 4) is 22.9 Å². The molecule has 0 fully saturated rings. The second-order valence-electron chi connectivity index (χ2n) is 5.26. The first-order valence-electron chi connectivity index (χ1n) is 7.30. The molecule has 0 spiro atoms. The summed E-state index contributed by atoms with van der Waals surface area (Å²) >= 11 is 0. The van der Waals surface area contributed by atoms with E-state index in [-0.39, 0.29) is 0 Å². The van der Waals surface area contributed by atoms with Gasteiger partial charge in [0.05, 0.1) is 11.0 Å². The van der Waals surface area contributed by atoms with E-state index in [1.807, 2.05) is 30.3 Å². The van der Waals surface area contributed by atoms with Gasteiger partial charge < -0.3 is 9.97 Å². The summed E-state index contributed by atoms with van der Waals surface area (Å²) in [4.78, 5) is 26.8. The lowest BCUT2D eigenvalue weighted by Crippen LogP contribution is -2.18. The second-order valence-corrected chi connectivity index (χ2v) is 5.26. The zero-order chi connectivity index (χ0) is 16.5. The Kier molecular flexibility index (Phi) is 3.33. The smallest absolute Gasteiger partial charge is 0.274 e. The molecule has 4 N–H and O–H groups in total. The van der Waals surface area contributed by atoms with Crippen molar-refractivity contribution in [3.63, 3.8) is 0 Å². The SMILES string of the molecule is O=C(NO)c1ccc2nc(-c3c[nH]c(-c4ccccc4)n3)[nH]c2c1. The Balaban J connectivity index is 1.72. The molecule has 0 saturated heterocycles. The summed E-state index contributed by atoms with van der Waals surface area (Å²) in [5.41, 5.74) is 5.02. The van der Waals surface area contributed by atoms with E-state index in [2.05, 4.69) is 19.9 Å². The van der Waals surface area contributed by atoms with Crippen molar-refractivity contribution < 1.29 is 10.0 Å².